The van der Waals surface area contributed by atoms with Crippen molar-refractivity contribution in [2.45, 2.75) is 13.0 Å². The van der Waals surface area contributed by atoms with Crippen LogP contribution in [0.5, 0.6) is 0 Å². The van der Waals surface area contributed by atoms with Crippen LogP contribution in [0.3, 0.4) is 0 Å². The molecule has 21 heavy (non-hydrogen) atoms. The molecule has 0 saturated heterocycles. The monoisotopic (exact) mass is 292 g/mol. The number of H-pyrrole nitrogens is 1. The second kappa shape index (κ2) is 5.19. The van der Waals surface area contributed by atoms with E-state index in [0.717, 1.165) is 6.07 Å². The average Bonchev–Trinajstić information content (AvgIpc) is 2.44. The van der Waals surface area contributed by atoms with E-state index in [2.05, 4.69) is 9.97 Å². The van der Waals surface area contributed by atoms with Crippen molar-refractivity contribution in [1.29, 1.82) is 0 Å². The largest absolute Gasteiger partial charge is 0.480 e. The maximum Gasteiger partial charge on any atom is 0.326 e. The Balaban J connectivity index is 2.56. The number of aliphatic carboxylic acids is 1. The Morgan fingerprint density at radius 1 is 1.52 bits per heavy atom. The van der Waals surface area contributed by atoms with Gasteiger partial charge in [0.1, 0.15) is 6.04 Å². The van der Waals surface area contributed by atoms with Crippen LogP contribution >= 0.6 is 0 Å². The topological polar surface area (TPSA) is 129 Å². The summed E-state index contributed by atoms with van der Waals surface area (Å²) in [5, 5.41) is 19.7. The molecule has 2 rings (SSSR count). The lowest BCUT2D eigenvalue weighted by Gasteiger charge is -2.21. The number of hydrogen-bond donors (Lipinski definition) is 2. The van der Waals surface area contributed by atoms with Gasteiger partial charge in [0.05, 0.1) is 15.8 Å². The van der Waals surface area contributed by atoms with Gasteiger partial charge in [-0.1, -0.05) is 0 Å². The summed E-state index contributed by atoms with van der Waals surface area (Å²) in [5.74, 6) is -0.986. The zero-order chi connectivity index (χ0) is 15.7. The molecule has 0 radical (unpaired) electrons. The summed E-state index contributed by atoms with van der Waals surface area (Å²) in [5.41, 5.74) is -0.526. The molecular weight excluding hydrogens is 280 g/mol. The Morgan fingerprint density at radius 2 is 2.19 bits per heavy atom. The third-order valence-electron chi connectivity index (χ3n) is 3.16. The van der Waals surface area contributed by atoms with Crippen LogP contribution in [0, 0.1) is 10.1 Å². The zero-order valence-corrected chi connectivity index (χ0v) is 11.2. The van der Waals surface area contributed by atoms with Crippen molar-refractivity contribution >= 4 is 28.5 Å². The lowest BCUT2D eigenvalue weighted by atomic mass is 10.2. The molecule has 1 aromatic heterocycles. The molecule has 1 atom stereocenters. The van der Waals surface area contributed by atoms with Gasteiger partial charge in [-0.3, -0.25) is 19.9 Å². The van der Waals surface area contributed by atoms with E-state index >= 15 is 0 Å². The maximum atomic E-state index is 12.0. The first-order valence-corrected chi connectivity index (χ1v) is 5.95. The fourth-order valence-electron chi connectivity index (χ4n) is 1.74. The second-order valence-corrected chi connectivity index (χ2v) is 4.47. The average molecular weight is 292 g/mol. The lowest BCUT2D eigenvalue weighted by Crippen LogP contribution is -2.37. The minimum Gasteiger partial charge on any atom is -0.480 e. The van der Waals surface area contributed by atoms with Crippen molar-refractivity contribution < 1.29 is 14.8 Å². The molecule has 110 valence electrons. The number of nitro benzene ring substituents is 1. The fourth-order valence-corrected chi connectivity index (χ4v) is 1.74. The minimum absolute atomic E-state index is 0.0735. The number of rotatable bonds is 4. The van der Waals surface area contributed by atoms with Gasteiger partial charge >= 0.3 is 5.97 Å². The molecule has 0 amide bonds. The van der Waals surface area contributed by atoms with Crippen LogP contribution < -0.4 is 10.5 Å². The van der Waals surface area contributed by atoms with Gasteiger partial charge < -0.3 is 10.0 Å². The molecule has 0 aliphatic rings. The Hall–Kier alpha value is -2.97. The summed E-state index contributed by atoms with van der Waals surface area (Å²) < 4.78 is 0. The molecule has 9 nitrogen and oxygen atoms in total. The Bertz CT molecular complexity index is 785. The molecule has 1 unspecified atom stereocenters. The van der Waals surface area contributed by atoms with Gasteiger partial charge in [0.2, 0.25) is 5.95 Å². The van der Waals surface area contributed by atoms with E-state index in [9.17, 15) is 19.7 Å². The van der Waals surface area contributed by atoms with Crippen LogP contribution in [-0.4, -0.2) is 39.1 Å². The Labute approximate surface area is 118 Å². The number of likely N-dealkylation sites (N-methyl/N-ethyl adjacent to an activating group) is 1. The number of carboxylic acids is 1. The molecule has 0 aliphatic carbocycles. The molecule has 0 bridgehead atoms. The molecule has 9 heteroatoms. The molecule has 0 saturated carbocycles. The van der Waals surface area contributed by atoms with E-state index in [1.54, 1.807) is 0 Å². The van der Waals surface area contributed by atoms with E-state index in [1.807, 2.05) is 0 Å². The quantitative estimate of drug-likeness (QED) is 0.627. The summed E-state index contributed by atoms with van der Waals surface area (Å²) in [6.07, 6.45) is 0. The first-order valence-electron chi connectivity index (χ1n) is 5.95. The number of fused-ring (bicyclic) bond motifs is 1. The normalized spacial score (nSPS) is 12.1. The highest BCUT2D eigenvalue weighted by molar-refractivity contribution is 5.82. The fraction of sp³-hybridized carbons (Fsp3) is 0.250. The third-order valence-corrected chi connectivity index (χ3v) is 3.16. The number of carboxylic acid groups (broad SMARTS) is 1. The van der Waals surface area contributed by atoms with Gasteiger partial charge in [-0.05, 0) is 13.0 Å². The van der Waals surface area contributed by atoms with E-state index < -0.39 is 22.5 Å². The summed E-state index contributed by atoms with van der Waals surface area (Å²) >= 11 is 0. The summed E-state index contributed by atoms with van der Waals surface area (Å²) in [4.78, 5) is 40.9. The van der Waals surface area contributed by atoms with Gasteiger partial charge in [0, 0.05) is 19.2 Å². The highest BCUT2D eigenvalue weighted by Gasteiger charge is 2.20. The molecule has 2 aromatic rings. The van der Waals surface area contributed by atoms with Crippen molar-refractivity contribution in [2.75, 3.05) is 11.9 Å². The van der Waals surface area contributed by atoms with Crippen LogP contribution in [-0.2, 0) is 4.79 Å². The lowest BCUT2D eigenvalue weighted by molar-refractivity contribution is -0.384. The Kier molecular flexibility index (Phi) is 3.57. The van der Waals surface area contributed by atoms with Gasteiger partial charge in [-0.15, -0.1) is 0 Å². The first kappa shape index (κ1) is 14.4. The highest BCUT2D eigenvalue weighted by Crippen LogP contribution is 2.18. The summed E-state index contributed by atoms with van der Waals surface area (Å²) in [6, 6.07) is 2.83. The predicted octanol–water partition coefficient (Wildman–Crippen LogP) is 0.741. The number of aromatic nitrogens is 2. The van der Waals surface area contributed by atoms with Crippen molar-refractivity contribution in [1.82, 2.24) is 9.97 Å². The SMILES string of the molecule is CC(C(=O)O)N(C)c1nc2ccc([N+](=O)[O-])cc2c(=O)[nH]1. The number of carbonyl (C=O) groups is 1. The molecule has 2 N–H and O–H groups in total. The van der Waals surface area contributed by atoms with Crippen molar-refractivity contribution in [3.8, 4) is 0 Å². The molecule has 0 fully saturated rings. The van der Waals surface area contributed by atoms with E-state index in [0.29, 0.717) is 0 Å². The van der Waals surface area contributed by atoms with Crippen LogP contribution in [0.15, 0.2) is 23.0 Å². The van der Waals surface area contributed by atoms with Crippen molar-refractivity contribution in [3.63, 3.8) is 0 Å². The van der Waals surface area contributed by atoms with Gasteiger partial charge in [0.25, 0.3) is 11.2 Å². The first-order chi connectivity index (χ1) is 9.81. The molecule has 1 heterocycles. The second-order valence-electron chi connectivity index (χ2n) is 4.47. The number of hydrogen-bond acceptors (Lipinski definition) is 6. The van der Waals surface area contributed by atoms with E-state index in [4.69, 9.17) is 5.11 Å². The Morgan fingerprint density at radius 3 is 2.76 bits per heavy atom. The predicted molar refractivity (Wildman–Crippen MR) is 74.5 cm³/mol. The molecular formula is C12H12N4O5. The van der Waals surface area contributed by atoms with Crippen LogP contribution in [0.2, 0.25) is 0 Å². The number of nitro groups is 1. The number of aromatic amines is 1. The van der Waals surface area contributed by atoms with Crippen LogP contribution in [0.25, 0.3) is 10.9 Å². The summed E-state index contributed by atoms with van der Waals surface area (Å²) in [6.45, 7) is 1.45. The van der Waals surface area contributed by atoms with Crippen molar-refractivity contribution in [3.05, 3.63) is 38.7 Å². The smallest absolute Gasteiger partial charge is 0.326 e. The van der Waals surface area contributed by atoms with Crippen LogP contribution in [0.1, 0.15) is 6.92 Å². The zero-order valence-electron chi connectivity index (χ0n) is 11.2. The van der Waals surface area contributed by atoms with Crippen molar-refractivity contribution in [2.24, 2.45) is 0 Å². The maximum absolute atomic E-state index is 12.0. The standard InChI is InChI=1S/C12H12N4O5/c1-6(11(18)19)15(2)12-13-9-4-3-7(16(20)21)5-8(9)10(17)14-12/h3-6H,1-2H3,(H,18,19)(H,13,14,17). The van der Waals surface area contributed by atoms with Gasteiger partial charge in [0.15, 0.2) is 0 Å². The molecule has 0 aliphatic heterocycles. The number of nitrogens with zero attached hydrogens (tertiary/aromatic N) is 3. The molecule has 0 spiro atoms. The van der Waals surface area contributed by atoms with E-state index in [1.165, 1.54) is 31.0 Å². The number of benzene rings is 1. The van der Waals surface area contributed by atoms with E-state index in [-0.39, 0.29) is 22.5 Å². The highest BCUT2D eigenvalue weighted by atomic mass is 16.6. The van der Waals surface area contributed by atoms with Gasteiger partial charge in [-0.2, -0.15) is 0 Å². The van der Waals surface area contributed by atoms with Crippen LogP contribution in [0.4, 0.5) is 11.6 Å². The molecule has 1 aromatic carbocycles. The number of nitrogens with one attached hydrogen (secondary N) is 1. The number of anilines is 1. The minimum atomic E-state index is -1.07. The summed E-state index contributed by atoms with van der Waals surface area (Å²) in [7, 11) is 1.48. The van der Waals surface area contributed by atoms with Gasteiger partial charge in [-0.25, -0.2) is 9.78 Å². The third kappa shape index (κ3) is 2.66. The number of non-ortho nitro benzene ring substituents is 1.